The Balaban J connectivity index is 1.27. The van der Waals surface area contributed by atoms with Crippen LogP contribution in [0.15, 0.2) is 65.9 Å². The van der Waals surface area contributed by atoms with E-state index >= 15 is 0 Å². The number of para-hydroxylation sites is 1. The number of aliphatic imine (C=N–C) groups is 1. The summed E-state index contributed by atoms with van der Waals surface area (Å²) in [6, 6.07) is 19.0. The summed E-state index contributed by atoms with van der Waals surface area (Å²) >= 11 is 0. The van der Waals surface area contributed by atoms with Crippen molar-refractivity contribution in [1.82, 2.24) is 30.3 Å². The summed E-state index contributed by atoms with van der Waals surface area (Å²) in [5.41, 5.74) is 3.66. The third kappa shape index (κ3) is 5.92. The Morgan fingerprint density at radius 3 is 2.35 bits per heavy atom. The van der Waals surface area contributed by atoms with Gasteiger partial charge in [0.25, 0.3) is 0 Å². The van der Waals surface area contributed by atoms with Gasteiger partial charge in [-0.05, 0) is 49.2 Å². The number of aromatic nitrogens is 3. The van der Waals surface area contributed by atoms with Gasteiger partial charge < -0.3 is 10.6 Å². The molecule has 3 aromatic rings. The molecule has 0 spiro atoms. The first-order chi connectivity index (χ1) is 15.3. The number of hydrogen-bond acceptors (Lipinski definition) is 4. The summed E-state index contributed by atoms with van der Waals surface area (Å²) in [6.07, 6.45) is 5.76. The highest BCUT2D eigenvalue weighted by atomic mass is 15.3. The van der Waals surface area contributed by atoms with Crippen LogP contribution in [0, 0.1) is 0 Å². The van der Waals surface area contributed by atoms with Crippen molar-refractivity contribution in [1.29, 1.82) is 0 Å². The van der Waals surface area contributed by atoms with Crippen LogP contribution in [0.4, 0.5) is 0 Å². The second kappa shape index (κ2) is 10.7. The second-order valence-electron chi connectivity index (χ2n) is 7.89. The molecular weight excluding hydrogens is 386 g/mol. The van der Waals surface area contributed by atoms with Crippen LogP contribution in [0.25, 0.3) is 5.69 Å². The van der Waals surface area contributed by atoms with Crippen LogP contribution in [0.3, 0.4) is 0 Å². The molecule has 0 unspecified atom stereocenters. The molecule has 31 heavy (non-hydrogen) atoms. The van der Waals surface area contributed by atoms with Crippen molar-refractivity contribution in [3.8, 4) is 5.69 Å². The third-order valence-electron chi connectivity index (χ3n) is 5.63. The highest BCUT2D eigenvalue weighted by Gasteiger charge is 2.10. The zero-order chi connectivity index (χ0) is 21.3. The van der Waals surface area contributed by atoms with E-state index in [0.717, 1.165) is 30.6 Å². The van der Waals surface area contributed by atoms with E-state index in [0.29, 0.717) is 6.54 Å². The number of nitrogens with one attached hydrogen (secondary N) is 2. The summed E-state index contributed by atoms with van der Waals surface area (Å²) in [4.78, 5) is 6.88. The Labute approximate surface area is 184 Å². The Hall–Kier alpha value is -3.19. The van der Waals surface area contributed by atoms with Gasteiger partial charge in [0, 0.05) is 25.8 Å². The average molecular weight is 418 g/mol. The van der Waals surface area contributed by atoms with Gasteiger partial charge in [-0.15, -0.1) is 10.2 Å². The fraction of sp³-hybridized carbons (Fsp3) is 0.375. The molecule has 0 bridgehead atoms. The SMILES string of the molecule is CN=C(NCc1ccc(CN2CCCCC2)cc1)NCc1nncn1-c1ccccc1. The van der Waals surface area contributed by atoms with Crippen molar-refractivity contribution in [2.24, 2.45) is 4.99 Å². The molecule has 7 nitrogen and oxygen atoms in total. The second-order valence-corrected chi connectivity index (χ2v) is 7.89. The maximum Gasteiger partial charge on any atom is 0.191 e. The lowest BCUT2D eigenvalue weighted by molar-refractivity contribution is 0.221. The lowest BCUT2D eigenvalue weighted by atomic mass is 10.1. The molecular formula is C24H31N7. The van der Waals surface area contributed by atoms with Crippen molar-refractivity contribution >= 4 is 5.96 Å². The molecule has 1 aliphatic rings. The van der Waals surface area contributed by atoms with E-state index in [1.54, 1.807) is 13.4 Å². The fourth-order valence-electron chi connectivity index (χ4n) is 3.89. The average Bonchev–Trinajstić information content (AvgIpc) is 3.30. The molecule has 7 heteroatoms. The Morgan fingerprint density at radius 1 is 0.903 bits per heavy atom. The highest BCUT2D eigenvalue weighted by molar-refractivity contribution is 5.79. The first-order valence-electron chi connectivity index (χ1n) is 11.0. The minimum absolute atomic E-state index is 0.531. The van der Waals surface area contributed by atoms with Crippen LogP contribution < -0.4 is 10.6 Å². The molecule has 4 rings (SSSR count). The van der Waals surface area contributed by atoms with Crippen molar-refractivity contribution < 1.29 is 0 Å². The predicted molar refractivity (Wildman–Crippen MR) is 124 cm³/mol. The molecule has 0 radical (unpaired) electrons. The summed E-state index contributed by atoms with van der Waals surface area (Å²) in [7, 11) is 1.78. The fourth-order valence-corrected chi connectivity index (χ4v) is 3.89. The lowest BCUT2D eigenvalue weighted by Crippen LogP contribution is -2.36. The van der Waals surface area contributed by atoms with E-state index < -0.39 is 0 Å². The van der Waals surface area contributed by atoms with Crippen LogP contribution in [-0.4, -0.2) is 45.8 Å². The van der Waals surface area contributed by atoms with Crippen molar-refractivity contribution in [2.75, 3.05) is 20.1 Å². The summed E-state index contributed by atoms with van der Waals surface area (Å²) in [5.74, 6) is 1.57. The molecule has 0 aliphatic carbocycles. The van der Waals surface area contributed by atoms with Gasteiger partial charge in [-0.25, -0.2) is 0 Å². The third-order valence-corrected chi connectivity index (χ3v) is 5.63. The van der Waals surface area contributed by atoms with Gasteiger partial charge in [0.15, 0.2) is 11.8 Å². The smallest absolute Gasteiger partial charge is 0.191 e. The number of rotatable bonds is 7. The van der Waals surface area contributed by atoms with Gasteiger partial charge in [0.05, 0.1) is 6.54 Å². The van der Waals surface area contributed by atoms with Crippen molar-refractivity contribution in [3.63, 3.8) is 0 Å². The van der Waals surface area contributed by atoms with Crippen LogP contribution in [0.5, 0.6) is 0 Å². The topological polar surface area (TPSA) is 70.4 Å². The number of hydrogen-bond donors (Lipinski definition) is 2. The number of nitrogens with zero attached hydrogens (tertiary/aromatic N) is 5. The molecule has 1 fully saturated rings. The van der Waals surface area contributed by atoms with Crippen LogP contribution >= 0.6 is 0 Å². The molecule has 0 amide bonds. The Morgan fingerprint density at radius 2 is 1.61 bits per heavy atom. The van der Waals surface area contributed by atoms with E-state index in [4.69, 9.17) is 0 Å². The molecule has 2 N–H and O–H groups in total. The van der Waals surface area contributed by atoms with Gasteiger partial charge in [0.2, 0.25) is 0 Å². The van der Waals surface area contributed by atoms with Gasteiger partial charge in [-0.3, -0.25) is 14.5 Å². The number of likely N-dealkylation sites (tertiary alicyclic amines) is 1. The monoisotopic (exact) mass is 417 g/mol. The zero-order valence-corrected chi connectivity index (χ0v) is 18.2. The van der Waals surface area contributed by atoms with E-state index in [2.05, 4.69) is 55.0 Å². The Bertz CT molecular complexity index is 957. The van der Waals surface area contributed by atoms with E-state index in [1.165, 1.54) is 43.5 Å². The summed E-state index contributed by atoms with van der Waals surface area (Å²) in [6.45, 7) is 4.75. The zero-order valence-electron chi connectivity index (χ0n) is 18.2. The first kappa shape index (κ1) is 21.1. The predicted octanol–water partition coefficient (Wildman–Crippen LogP) is 3.12. The summed E-state index contributed by atoms with van der Waals surface area (Å²) in [5, 5.41) is 15.0. The standard InChI is InChI=1S/C24H31N7/c1-25-24(27-17-23-29-28-19-31(23)22-8-4-2-5-9-22)26-16-20-10-12-21(13-11-20)18-30-14-6-3-7-15-30/h2,4-5,8-13,19H,3,6-7,14-18H2,1H3,(H2,25,26,27). The molecule has 162 valence electrons. The van der Waals surface area contributed by atoms with Crippen LogP contribution in [-0.2, 0) is 19.6 Å². The number of piperidine rings is 1. The maximum absolute atomic E-state index is 4.33. The van der Waals surface area contributed by atoms with E-state index in [9.17, 15) is 0 Å². The molecule has 2 aromatic carbocycles. The van der Waals surface area contributed by atoms with E-state index in [1.807, 2.05) is 34.9 Å². The van der Waals surface area contributed by atoms with E-state index in [-0.39, 0.29) is 0 Å². The van der Waals surface area contributed by atoms with Crippen molar-refractivity contribution in [2.45, 2.75) is 38.9 Å². The molecule has 1 aromatic heterocycles. The molecule has 2 heterocycles. The highest BCUT2D eigenvalue weighted by Crippen LogP contribution is 2.14. The normalized spacial score (nSPS) is 15.1. The van der Waals surface area contributed by atoms with Gasteiger partial charge >= 0.3 is 0 Å². The molecule has 0 atom stereocenters. The maximum atomic E-state index is 4.33. The molecule has 0 saturated carbocycles. The van der Waals surface area contributed by atoms with Crippen LogP contribution in [0.1, 0.15) is 36.2 Å². The number of guanidine groups is 1. The largest absolute Gasteiger partial charge is 0.352 e. The van der Waals surface area contributed by atoms with Gasteiger partial charge in [-0.2, -0.15) is 0 Å². The minimum atomic E-state index is 0.531. The quantitative estimate of drug-likeness (QED) is 0.457. The van der Waals surface area contributed by atoms with Gasteiger partial charge in [0.1, 0.15) is 6.33 Å². The lowest BCUT2D eigenvalue weighted by Gasteiger charge is -2.26. The summed E-state index contributed by atoms with van der Waals surface area (Å²) < 4.78 is 1.97. The Kier molecular flexibility index (Phi) is 7.28. The first-order valence-corrected chi connectivity index (χ1v) is 11.0. The van der Waals surface area contributed by atoms with Crippen molar-refractivity contribution in [3.05, 3.63) is 77.9 Å². The number of benzene rings is 2. The van der Waals surface area contributed by atoms with Crippen LogP contribution in [0.2, 0.25) is 0 Å². The minimum Gasteiger partial charge on any atom is -0.352 e. The molecule has 1 saturated heterocycles. The van der Waals surface area contributed by atoms with Gasteiger partial charge in [-0.1, -0.05) is 48.9 Å². The molecule has 1 aliphatic heterocycles.